The predicted octanol–water partition coefficient (Wildman–Crippen LogP) is 5.77. The molecule has 2 saturated heterocycles. The predicted molar refractivity (Wildman–Crippen MR) is 132 cm³/mol. The maximum Gasteiger partial charge on any atom is 0.255 e. The Kier molecular flexibility index (Phi) is 7.74. The van der Waals surface area contributed by atoms with Gasteiger partial charge in [0.25, 0.3) is 11.8 Å². The van der Waals surface area contributed by atoms with Crippen LogP contribution in [0.4, 0.5) is 4.39 Å². The summed E-state index contributed by atoms with van der Waals surface area (Å²) in [6.07, 6.45) is 7.49. The summed E-state index contributed by atoms with van der Waals surface area (Å²) in [6.45, 7) is 4.12. The Morgan fingerprint density at radius 1 is 0.939 bits per heavy atom. The van der Waals surface area contributed by atoms with Gasteiger partial charge in [0.05, 0.1) is 4.87 Å². The molecule has 33 heavy (non-hydrogen) atoms. The minimum atomic E-state index is -0.394. The minimum absolute atomic E-state index is 0.0633. The van der Waals surface area contributed by atoms with Gasteiger partial charge in [-0.05, 0) is 61.6 Å². The molecule has 4 nitrogen and oxygen atoms in total. The zero-order chi connectivity index (χ0) is 23.3. The molecule has 2 amide bonds. The number of hydrogen-bond acceptors (Lipinski definition) is 3. The summed E-state index contributed by atoms with van der Waals surface area (Å²) in [7, 11) is 0. The molecular formula is C27H33FN2O2S. The lowest BCUT2D eigenvalue weighted by Gasteiger charge is -2.44. The van der Waals surface area contributed by atoms with Crippen molar-refractivity contribution in [1.82, 2.24) is 9.80 Å². The van der Waals surface area contributed by atoms with E-state index in [0.29, 0.717) is 25.2 Å². The average molecular weight is 469 g/mol. The van der Waals surface area contributed by atoms with E-state index in [2.05, 4.69) is 19.1 Å². The molecule has 0 aliphatic carbocycles. The molecule has 0 unspecified atom stereocenters. The highest BCUT2D eigenvalue weighted by atomic mass is 32.2. The van der Waals surface area contributed by atoms with Gasteiger partial charge in [0, 0.05) is 36.5 Å². The normalized spacial score (nSPS) is 17.5. The van der Waals surface area contributed by atoms with E-state index in [1.165, 1.54) is 43.4 Å². The third-order valence-corrected chi connectivity index (χ3v) is 8.40. The molecular weight excluding hydrogens is 435 g/mol. The number of halogens is 1. The Balaban J connectivity index is 1.35. The maximum atomic E-state index is 13.6. The van der Waals surface area contributed by atoms with Gasteiger partial charge in [-0.25, -0.2) is 4.39 Å². The third-order valence-electron chi connectivity index (χ3n) is 6.85. The molecule has 2 aliphatic heterocycles. The molecule has 2 heterocycles. The Hall–Kier alpha value is -2.34. The molecule has 0 bridgehead atoms. The summed E-state index contributed by atoms with van der Waals surface area (Å²) >= 11 is 1.80. The molecule has 0 saturated carbocycles. The number of carbonyl (C=O) groups is 2. The fraction of sp³-hybridized carbons (Fsp3) is 0.481. The van der Waals surface area contributed by atoms with Crippen molar-refractivity contribution < 1.29 is 14.0 Å². The number of likely N-dealkylation sites (tertiary alicyclic amines) is 1. The number of unbranched alkanes of at least 4 members (excludes halogenated alkanes) is 3. The van der Waals surface area contributed by atoms with E-state index in [0.717, 1.165) is 30.6 Å². The molecule has 2 aromatic carbocycles. The third kappa shape index (κ3) is 5.43. The molecule has 4 rings (SSSR count). The van der Waals surface area contributed by atoms with Crippen molar-refractivity contribution >= 4 is 23.6 Å². The summed E-state index contributed by atoms with van der Waals surface area (Å²) in [4.78, 5) is 29.7. The lowest BCUT2D eigenvalue weighted by molar-refractivity contribution is 0.0497. The molecule has 1 spiro atoms. The zero-order valence-corrected chi connectivity index (χ0v) is 20.2. The first kappa shape index (κ1) is 23.8. The van der Waals surface area contributed by atoms with Gasteiger partial charge < -0.3 is 9.80 Å². The lowest BCUT2D eigenvalue weighted by atomic mass is 9.99. The average Bonchev–Trinajstić information content (AvgIpc) is 3.24. The quantitative estimate of drug-likeness (QED) is 0.485. The monoisotopic (exact) mass is 468 g/mol. The second-order valence-corrected chi connectivity index (χ2v) is 10.5. The van der Waals surface area contributed by atoms with Crippen LogP contribution >= 0.6 is 11.8 Å². The van der Waals surface area contributed by atoms with Gasteiger partial charge in [-0.2, -0.15) is 0 Å². The summed E-state index contributed by atoms with van der Waals surface area (Å²) in [5, 5.41) is 0. The van der Waals surface area contributed by atoms with Gasteiger partial charge in [0.15, 0.2) is 0 Å². The number of hydrogen-bond donors (Lipinski definition) is 0. The SMILES string of the molecule is CCCCCCc1ccc(C(=O)N2CCC3(CC2)SCCN3C(=O)c2cccc(F)c2)cc1. The second-order valence-electron chi connectivity index (χ2n) is 9.06. The first-order chi connectivity index (χ1) is 16.0. The Labute approximate surface area is 200 Å². The number of piperidine rings is 1. The van der Waals surface area contributed by atoms with Crippen LogP contribution in [0.3, 0.4) is 0 Å². The van der Waals surface area contributed by atoms with Gasteiger partial charge in [0.2, 0.25) is 0 Å². The number of aryl methyl sites for hydroxylation is 1. The summed E-state index contributed by atoms with van der Waals surface area (Å²) < 4.78 is 13.6. The maximum absolute atomic E-state index is 13.6. The van der Waals surface area contributed by atoms with Crippen molar-refractivity contribution in [1.29, 1.82) is 0 Å². The van der Waals surface area contributed by atoms with E-state index in [1.807, 2.05) is 21.9 Å². The Morgan fingerprint density at radius 2 is 1.70 bits per heavy atom. The lowest BCUT2D eigenvalue weighted by Crippen LogP contribution is -2.53. The number of rotatable bonds is 7. The molecule has 0 atom stereocenters. The first-order valence-electron chi connectivity index (χ1n) is 12.1. The van der Waals surface area contributed by atoms with Crippen molar-refractivity contribution in [3.63, 3.8) is 0 Å². The van der Waals surface area contributed by atoms with Gasteiger partial charge in [-0.1, -0.05) is 44.4 Å². The molecule has 176 valence electrons. The van der Waals surface area contributed by atoms with Crippen LogP contribution < -0.4 is 0 Å². The standard InChI is InChI=1S/C27H33FN2O2S/c1-2-3-4-5-7-21-10-12-22(13-11-21)25(31)29-16-14-27(15-17-29)30(18-19-33-27)26(32)23-8-6-9-24(28)20-23/h6,8-13,20H,2-5,7,14-19H2,1H3. The highest BCUT2D eigenvalue weighted by Crippen LogP contribution is 2.44. The van der Waals surface area contributed by atoms with Crippen LogP contribution in [0.2, 0.25) is 0 Å². The van der Waals surface area contributed by atoms with Gasteiger partial charge in [-0.3, -0.25) is 9.59 Å². The van der Waals surface area contributed by atoms with Gasteiger partial charge in [-0.15, -0.1) is 11.8 Å². The highest BCUT2D eigenvalue weighted by Gasteiger charge is 2.47. The van der Waals surface area contributed by atoms with E-state index in [-0.39, 0.29) is 16.7 Å². The smallest absolute Gasteiger partial charge is 0.255 e. The topological polar surface area (TPSA) is 40.6 Å². The van der Waals surface area contributed by atoms with E-state index >= 15 is 0 Å². The Bertz CT molecular complexity index is 970. The van der Waals surface area contributed by atoms with E-state index in [4.69, 9.17) is 0 Å². The number of benzene rings is 2. The van der Waals surface area contributed by atoms with Gasteiger partial charge >= 0.3 is 0 Å². The van der Waals surface area contributed by atoms with E-state index < -0.39 is 5.82 Å². The molecule has 0 N–H and O–H groups in total. The fourth-order valence-corrected chi connectivity index (χ4v) is 6.35. The van der Waals surface area contributed by atoms with E-state index in [1.54, 1.807) is 23.9 Å². The van der Waals surface area contributed by atoms with Crippen LogP contribution in [-0.2, 0) is 6.42 Å². The second kappa shape index (κ2) is 10.7. The van der Waals surface area contributed by atoms with Crippen molar-refractivity contribution in [3.05, 3.63) is 71.0 Å². The fourth-order valence-electron chi connectivity index (χ4n) is 4.90. The van der Waals surface area contributed by atoms with Crippen LogP contribution in [0.15, 0.2) is 48.5 Å². The molecule has 0 aromatic heterocycles. The van der Waals surface area contributed by atoms with Crippen LogP contribution in [0.1, 0.15) is 71.7 Å². The van der Waals surface area contributed by atoms with Crippen molar-refractivity contribution in [2.24, 2.45) is 0 Å². The first-order valence-corrected chi connectivity index (χ1v) is 13.1. The summed E-state index contributed by atoms with van der Waals surface area (Å²) in [6, 6.07) is 14.0. The van der Waals surface area contributed by atoms with Crippen molar-refractivity contribution in [2.45, 2.75) is 56.7 Å². The summed E-state index contributed by atoms with van der Waals surface area (Å²) in [5.74, 6) is 0.422. The highest BCUT2D eigenvalue weighted by molar-refractivity contribution is 8.00. The van der Waals surface area contributed by atoms with Crippen molar-refractivity contribution in [2.75, 3.05) is 25.4 Å². The van der Waals surface area contributed by atoms with Crippen LogP contribution in [0, 0.1) is 5.82 Å². The number of thioether (sulfide) groups is 1. The minimum Gasteiger partial charge on any atom is -0.338 e. The molecule has 2 fully saturated rings. The number of amides is 2. The zero-order valence-electron chi connectivity index (χ0n) is 19.4. The summed E-state index contributed by atoms with van der Waals surface area (Å²) in [5.41, 5.74) is 2.41. The van der Waals surface area contributed by atoms with E-state index in [9.17, 15) is 14.0 Å². The van der Waals surface area contributed by atoms with Crippen molar-refractivity contribution in [3.8, 4) is 0 Å². The number of carbonyl (C=O) groups excluding carboxylic acids is 2. The van der Waals surface area contributed by atoms with Crippen LogP contribution in [-0.4, -0.2) is 51.9 Å². The number of nitrogens with zero attached hydrogens (tertiary/aromatic N) is 2. The molecule has 0 radical (unpaired) electrons. The molecule has 6 heteroatoms. The molecule has 2 aliphatic rings. The van der Waals surface area contributed by atoms with Crippen LogP contribution in [0.5, 0.6) is 0 Å². The molecule has 2 aromatic rings. The van der Waals surface area contributed by atoms with Gasteiger partial charge in [0.1, 0.15) is 5.82 Å². The van der Waals surface area contributed by atoms with Crippen LogP contribution in [0.25, 0.3) is 0 Å². The Morgan fingerprint density at radius 3 is 2.39 bits per heavy atom. The largest absolute Gasteiger partial charge is 0.338 e.